The van der Waals surface area contributed by atoms with Crippen molar-refractivity contribution in [1.82, 2.24) is 13.9 Å². The third kappa shape index (κ3) is 6.82. The maximum atomic E-state index is 13.7. The second-order valence-electron chi connectivity index (χ2n) is 9.88. The van der Waals surface area contributed by atoms with E-state index < -0.39 is 22.5 Å². The molecule has 0 spiro atoms. The number of anilines is 1. The summed E-state index contributed by atoms with van der Waals surface area (Å²) < 4.78 is 52.1. The number of benzene rings is 3. The molecule has 1 saturated heterocycles. The van der Waals surface area contributed by atoms with Crippen LogP contribution in [-0.2, 0) is 19.6 Å². The van der Waals surface area contributed by atoms with Crippen LogP contribution in [0.5, 0.6) is 17.2 Å². The van der Waals surface area contributed by atoms with E-state index in [-0.39, 0.29) is 23.5 Å². The molecule has 12 heteroatoms. The number of sulfonamides is 1. The molecule has 0 bridgehead atoms. The SMILES string of the molecule is COc1ccc(S(=O)(=O)N(CC(=O)Nc2nc(-c3ccccc3)cn2-c2ccc(OC)c(OC)c2)CC2CCCO2)cc1. The standard InChI is InChI=1S/C31H34N4O7S/c1-39-24-12-14-26(15-13-24)43(37,38)34(19-25-10-7-17-42-25)21-30(36)33-31-32-27(22-8-5-4-6-9-22)20-35(31)23-11-16-28(40-2)29(18-23)41-3/h4-6,8-9,11-16,18,20,25H,7,10,17,19,21H2,1-3H3,(H,32,33,36). The molecule has 1 atom stereocenters. The molecule has 2 heterocycles. The van der Waals surface area contributed by atoms with Gasteiger partial charge in [0.05, 0.1) is 50.3 Å². The predicted molar refractivity (Wildman–Crippen MR) is 161 cm³/mol. The Bertz CT molecular complexity index is 1650. The van der Waals surface area contributed by atoms with Crippen molar-refractivity contribution in [2.24, 2.45) is 0 Å². The number of carbonyl (C=O) groups is 1. The van der Waals surface area contributed by atoms with E-state index >= 15 is 0 Å². The summed E-state index contributed by atoms with van der Waals surface area (Å²) in [7, 11) is 0.561. The second-order valence-corrected chi connectivity index (χ2v) is 11.8. The number of hydrogen-bond acceptors (Lipinski definition) is 8. The van der Waals surface area contributed by atoms with Crippen LogP contribution in [0.3, 0.4) is 0 Å². The third-order valence-corrected chi connectivity index (χ3v) is 8.95. The number of ether oxygens (including phenoxy) is 4. The molecule has 0 saturated carbocycles. The zero-order chi connectivity index (χ0) is 30.4. The maximum absolute atomic E-state index is 13.7. The fourth-order valence-electron chi connectivity index (χ4n) is 4.87. The van der Waals surface area contributed by atoms with E-state index in [1.54, 1.807) is 49.2 Å². The highest BCUT2D eigenvalue weighted by atomic mass is 32.2. The Morgan fingerprint density at radius 3 is 2.40 bits per heavy atom. The van der Waals surface area contributed by atoms with Gasteiger partial charge in [0.25, 0.3) is 0 Å². The van der Waals surface area contributed by atoms with E-state index in [0.717, 1.165) is 16.3 Å². The topological polar surface area (TPSA) is 121 Å². The number of rotatable bonds is 12. The van der Waals surface area contributed by atoms with E-state index in [0.29, 0.717) is 41.7 Å². The van der Waals surface area contributed by atoms with Crippen molar-refractivity contribution < 1.29 is 32.2 Å². The first-order valence-electron chi connectivity index (χ1n) is 13.7. The van der Waals surface area contributed by atoms with Crippen LogP contribution in [0, 0.1) is 0 Å². The first-order chi connectivity index (χ1) is 20.8. The van der Waals surface area contributed by atoms with E-state index in [1.165, 1.54) is 19.2 Å². The minimum atomic E-state index is -4.04. The van der Waals surface area contributed by atoms with Crippen LogP contribution in [0.1, 0.15) is 12.8 Å². The molecule has 0 aliphatic carbocycles. The summed E-state index contributed by atoms with van der Waals surface area (Å²) in [5, 5.41) is 2.84. The van der Waals surface area contributed by atoms with Gasteiger partial charge in [-0.25, -0.2) is 13.4 Å². The number of hydrogen-bond donors (Lipinski definition) is 1. The summed E-state index contributed by atoms with van der Waals surface area (Å²) in [5.74, 6) is 1.24. The van der Waals surface area contributed by atoms with Crippen LogP contribution in [-0.4, -0.2) is 75.3 Å². The summed E-state index contributed by atoms with van der Waals surface area (Å²) in [5.41, 5.74) is 2.12. The largest absolute Gasteiger partial charge is 0.497 e. The second kappa shape index (κ2) is 13.3. The Kier molecular flexibility index (Phi) is 9.29. The molecule has 4 aromatic rings. The van der Waals surface area contributed by atoms with Gasteiger partial charge >= 0.3 is 0 Å². The van der Waals surface area contributed by atoms with Gasteiger partial charge in [-0.05, 0) is 49.2 Å². The monoisotopic (exact) mass is 606 g/mol. The molecule has 1 N–H and O–H groups in total. The van der Waals surface area contributed by atoms with Crippen LogP contribution in [0.15, 0.2) is 83.9 Å². The third-order valence-electron chi connectivity index (χ3n) is 7.12. The lowest BCUT2D eigenvalue weighted by atomic mass is 10.2. The van der Waals surface area contributed by atoms with Gasteiger partial charge in [0.15, 0.2) is 11.5 Å². The van der Waals surface area contributed by atoms with Crippen LogP contribution in [0.25, 0.3) is 16.9 Å². The Morgan fingerprint density at radius 1 is 1.00 bits per heavy atom. The average Bonchev–Trinajstić information content (AvgIpc) is 3.71. The van der Waals surface area contributed by atoms with Gasteiger partial charge in [0.1, 0.15) is 5.75 Å². The highest BCUT2D eigenvalue weighted by Gasteiger charge is 2.31. The molecule has 43 heavy (non-hydrogen) atoms. The van der Waals surface area contributed by atoms with E-state index in [4.69, 9.17) is 23.9 Å². The zero-order valence-corrected chi connectivity index (χ0v) is 25.0. The van der Waals surface area contributed by atoms with Crippen LogP contribution >= 0.6 is 0 Å². The zero-order valence-electron chi connectivity index (χ0n) is 24.2. The van der Waals surface area contributed by atoms with Crippen LogP contribution in [0.2, 0.25) is 0 Å². The molecule has 11 nitrogen and oxygen atoms in total. The first-order valence-corrected chi connectivity index (χ1v) is 15.2. The number of imidazole rings is 1. The van der Waals surface area contributed by atoms with Crippen molar-refractivity contribution in [2.75, 3.05) is 46.3 Å². The van der Waals surface area contributed by atoms with Gasteiger partial charge in [0.2, 0.25) is 21.9 Å². The first kappa shape index (κ1) is 30.1. The molecule has 1 aliphatic rings. The molecule has 1 fully saturated rings. The van der Waals surface area contributed by atoms with Gasteiger partial charge in [-0.3, -0.25) is 14.7 Å². The number of methoxy groups -OCH3 is 3. The molecule has 1 amide bonds. The number of nitrogens with one attached hydrogen (secondary N) is 1. The smallest absolute Gasteiger partial charge is 0.243 e. The quantitative estimate of drug-likeness (QED) is 0.252. The van der Waals surface area contributed by atoms with Gasteiger partial charge < -0.3 is 18.9 Å². The summed E-state index contributed by atoms with van der Waals surface area (Å²) >= 11 is 0. The van der Waals surface area contributed by atoms with E-state index in [9.17, 15) is 13.2 Å². The summed E-state index contributed by atoms with van der Waals surface area (Å²) in [6.45, 7) is 0.160. The Balaban J connectivity index is 1.46. The number of amides is 1. The highest BCUT2D eigenvalue weighted by Crippen LogP contribution is 2.32. The van der Waals surface area contributed by atoms with Crippen molar-refractivity contribution in [3.05, 3.63) is 79.0 Å². The van der Waals surface area contributed by atoms with E-state index in [2.05, 4.69) is 5.32 Å². The number of nitrogens with zero attached hydrogens (tertiary/aromatic N) is 3. The predicted octanol–water partition coefficient (Wildman–Crippen LogP) is 4.37. The van der Waals surface area contributed by atoms with Crippen molar-refractivity contribution in [2.45, 2.75) is 23.8 Å². The van der Waals surface area contributed by atoms with Crippen molar-refractivity contribution in [3.8, 4) is 34.2 Å². The van der Waals surface area contributed by atoms with Gasteiger partial charge in [0, 0.05) is 31.0 Å². The van der Waals surface area contributed by atoms with Crippen LogP contribution in [0.4, 0.5) is 5.95 Å². The van der Waals surface area contributed by atoms with Crippen molar-refractivity contribution in [3.63, 3.8) is 0 Å². The fourth-order valence-corrected chi connectivity index (χ4v) is 6.30. The Labute approximate surface area is 251 Å². The lowest BCUT2D eigenvalue weighted by molar-refractivity contribution is -0.116. The van der Waals surface area contributed by atoms with Gasteiger partial charge in [-0.15, -0.1) is 0 Å². The van der Waals surface area contributed by atoms with Crippen molar-refractivity contribution in [1.29, 1.82) is 0 Å². The van der Waals surface area contributed by atoms with Gasteiger partial charge in [-0.1, -0.05) is 30.3 Å². The molecule has 1 aromatic heterocycles. The molecular weight excluding hydrogens is 572 g/mol. The molecule has 1 aliphatic heterocycles. The summed E-state index contributed by atoms with van der Waals surface area (Å²) in [4.78, 5) is 18.3. The molecule has 226 valence electrons. The lowest BCUT2D eigenvalue weighted by Gasteiger charge is -2.24. The summed E-state index contributed by atoms with van der Waals surface area (Å²) in [6, 6.07) is 20.9. The van der Waals surface area contributed by atoms with Gasteiger partial charge in [-0.2, -0.15) is 4.31 Å². The Hall–Kier alpha value is -4.39. The lowest BCUT2D eigenvalue weighted by Crippen LogP contribution is -2.42. The molecule has 1 unspecified atom stereocenters. The molecule has 5 rings (SSSR count). The van der Waals surface area contributed by atoms with Crippen LogP contribution < -0.4 is 19.5 Å². The minimum absolute atomic E-state index is 0.0428. The average molecular weight is 607 g/mol. The molecule has 3 aromatic carbocycles. The van der Waals surface area contributed by atoms with Crippen molar-refractivity contribution >= 4 is 21.9 Å². The van der Waals surface area contributed by atoms with E-state index in [1.807, 2.05) is 36.4 Å². The fraction of sp³-hybridized carbons (Fsp3) is 0.290. The normalized spacial score (nSPS) is 14.9. The number of carbonyl (C=O) groups excluding carboxylic acids is 1. The highest BCUT2D eigenvalue weighted by molar-refractivity contribution is 7.89. The molecule has 0 radical (unpaired) electrons. The maximum Gasteiger partial charge on any atom is 0.243 e. The number of aromatic nitrogens is 2. The molecular formula is C31H34N4O7S. The minimum Gasteiger partial charge on any atom is -0.497 e. The Morgan fingerprint density at radius 2 is 1.74 bits per heavy atom. The summed E-state index contributed by atoms with van der Waals surface area (Å²) in [6.07, 6.45) is 3.03.